The number of carbonyl (C=O) groups is 1. The number of piperidine rings is 1. The molecule has 1 aliphatic heterocycles. The van der Waals surface area contributed by atoms with E-state index in [0.29, 0.717) is 30.5 Å². The molecule has 0 amide bonds. The lowest BCUT2D eigenvalue weighted by atomic mass is 9.84. The molecule has 2 atom stereocenters. The van der Waals surface area contributed by atoms with E-state index in [4.69, 9.17) is 0 Å². The Morgan fingerprint density at radius 1 is 1.60 bits per heavy atom. The lowest BCUT2D eigenvalue weighted by Gasteiger charge is -2.28. The summed E-state index contributed by atoms with van der Waals surface area (Å²) in [5.41, 5.74) is 2.11. The fourth-order valence-corrected chi connectivity index (χ4v) is 3.07. The van der Waals surface area contributed by atoms with Crippen molar-refractivity contribution in [2.75, 3.05) is 13.1 Å². The highest BCUT2D eigenvalue weighted by atomic mass is 16.1. The van der Waals surface area contributed by atoms with Gasteiger partial charge in [-0.05, 0) is 50.3 Å². The average molecular weight is 277 g/mol. The standard InChI is InChI=1S/C16H27N3O/c1-4-14-9-15(19(3)18-14)10-16(20)8-12(2)13-6-5-7-17-11-13/h9,12-13,17H,4-8,10-11H2,1-3H3. The highest BCUT2D eigenvalue weighted by Gasteiger charge is 2.22. The topological polar surface area (TPSA) is 46.9 Å². The number of nitrogens with zero attached hydrogens (tertiary/aromatic N) is 2. The summed E-state index contributed by atoms with van der Waals surface area (Å²) in [5.74, 6) is 1.48. The van der Waals surface area contributed by atoms with Gasteiger partial charge in [0, 0.05) is 25.6 Å². The van der Waals surface area contributed by atoms with Crippen molar-refractivity contribution in [2.45, 2.75) is 46.0 Å². The smallest absolute Gasteiger partial charge is 0.139 e. The zero-order valence-corrected chi connectivity index (χ0v) is 13.0. The molecular formula is C16H27N3O. The Morgan fingerprint density at radius 3 is 3.00 bits per heavy atom. The van der Waals surface area contributed by atoms with Gasteiger partial charge in [0.05, 0.1) is 5.69 Å². The summed E-state index contributed by atoms with van der Waals surface area (Å²) in [4.78, 5) is 12.3. The number of aryl methyl sites for hydroxylation is 2. The molecule has 1 aromatic heterocycles. The van der Waals surface area contributed by atoms with Gasteiger partial charge in [-0.25, -0.2) is 0 Å². The molecule has 0 bridgehead atoms. The quantitative estimate of drug-likeness (QED) is 0.866. The number of ketones is 1. The molecule has 1 fully saturated rings. The van der Waals surface area contributed by atoms with Crippen molar-refractivity contribution in [3.63, 3.8) is 0 Å². The molecule has 1 aliphatic rings. The number of Topliss-reactive ketones (excluding diaryl/α,β-unsaturated/α-hetero) is 1. The molecule has 2 heterocycles. The zero-order chi connectivity index (χ0) is 14.5. The minimum atomic E-state index is 0.341. The van der Waals surface area contributed by atoms with Gasteiger partial charge in [-0.2, -0.15) is 5.10 Å². The van der Waals surface area contributed by atoms with Crippen LogP contribution in [0.5, 0.6) is 0 Å². The van der Waals surface area contributed by atoms with Crippen LogP contribution in [0, 0.1) is 11.8 Å². The number of hydrogen-bond acceptors (Lipinski definition) is 3. The van der Waals surface area contributed by atoms with Crippen molar-refractivity contribution in [2.24, 2.45) is 18.9 Å². The van der Waals surface area contributed by atoms with Crippen LogP contribution in [-0.2, 0) is 24.7 Å². The third-order valence-corrected chi connectivity index (χ3v) is 4.46. The first-order valence-corrected chi connectivity index (χ1v) is 7.84. The molecule has 1 aromatic rings. The number of nitrogens with one attached hydrogen (secondary N) is 1. The summed E-state index contributed by atoms with van der Waals surface area (Å²) in [6.45, 7) is 6.51. The number of aromatic nitrogens is 2. The van der Waals surface area contributed by atoms with Gasteiger partial charge in [-0.1, -0.05) is 13.8 Å². The van der Waals surface area contributed by atoms with Gasteiger partial charge in [0.1, 0.15) is 5.78 Å². The molecule has 1 saturated heterocycles. The SMILES string of the molecule is CCc1cc(CC(=O)CC(C)C2CCCNC2)n(C)n1. The van der Waals surface area contributed by atoms with Crippen LogP contribution >= 0.6 is 0 Å². The van der Waals surface area contributed by atoms with Crippen LogP contribution in [-0.4, -0.2) is 28.7 Å². The van der Waals surface area contributed by atoms with E-state index in [1.54, 1.807) is 0 Å². The van der Waals surface area contributed by atoms with Crippen LogP contribution in [0.25, 0.3) is 0 Å². The molecule has 0 spiro atoms. The molecule has 4 nitrogen and oxygen atoms in total. The monoisotopic (exact) mass is 277 g/mol. The predicted octanol–water partition coefficient (Wildman–Crippen LogP) is 2.12. The van der Waals surface area contributed by atoms with E-state index < -0.39 is 0 Å². The van der Waals surface area contributed by atoms with E-state index in [-0.39, 0.29) is 0 Å². The van der Waals surface area contributed by atoms with Gasteiger partial charge in [0.25, 0.3) is 0 Å². The number of rotatable bonds is 6. The Balaban J connectivity index is 1.86. The minimum absolute atomic E-state index is 0.341. The van der Waals surface area contributed by atoms with Crippen molar-refractivity contribution in [3.8, 4) is 0 Å². The summed E-state index contributed by atoms with van der Waals surface area (Å²) >= 11 is 0. The van der Waals surface area contributed by atoms with E-state index >= 15 is 0 Å². The predicted molar refractivity (Wildman–Crippen MR) is 80.7 cm³/mol. The molecule has 20 heavy (non-hydrogen) atoms. The van der Waals surface area contributed by atoms with Gasteiger partial charge >= 0.3 is 0 Å². The molecule has 4 heteroatoms. The van der Waals surface area contributed by atoms with Crippen LogP contribution in [0.2, 0.25) is 0 Å². The Kier molecular flexibility index (Phi) is 5.35. The Morgan fingerprint density at radius 2 is 2.40 bits per heavy atom. The molecule has 0 saturated carbocycles. The highest BCUT2D eigenvalue weighted by molar-refractivity contribution is 5.80. The van der Waals surface area contributed by atoms with Crippen LogP contribution in [0.1, 0.15) is 44.5 Å². The molecule has 0 aromatic carbocycles. The van der Waals surface area contributed by atoms with E-state index in [2.05, 4.69) is 30.3 Å². The summed E-state index contributed by atoms with van der Waals surface area (Å²) < 4.78 is 1.85. The van der Waals surface area contributed by atoms with Crippen molar-refractivity contribution >= 4 is 5.78 Å². The molecule has 0 radical (unpaired) electrons. The third kappa shape index (κ3) is 3.92. The second-order valence-electron chi connectivity index (χ2n) is 6.11. The average Bonchev–Trinajstić information content (AvgIpc) is 2.80. The van der Waals surface area contributed by atoms with E-state index in [1.807, 2.05) is 11.7 Å². The maximum atomic E-state index is 12.3. The van der Waals surface area contributed by atoms with E-state index in [0.717, 1.165) is 30.9 Å². The Labute approximate surface area is 121 Å². The van der Waals surface area contributed by atoms with Crippen molar-refractivity contribution < 1.29 is 4.79 Å². The van der Waals surface area contributed by atoms with Gasteiger partial charge in [0.2, 0.25) is 0 Å². The van der Waals surface area contributed by atoms with Crippen LogP contribution in [0.3, 0.4) is 0 Å². The maximum Gasteiger partial charge on any atom is 0.139 e. The van der Waals surface area contributed by atoms with Gasteiger partial charge in [0.15, 0.2) is 0 Å². The molecule has 2 unspecified atom stereocenters. The summed E-state index contributed by atoms with van der Waals surface area (Å²) in [7, 11) is 1.93. The van der Waals surface area contributed by atoms with E-state index in [1.165, 1.54) is 12.8 Å². The molecule has 1 N–H and O–H groups in total. The Hall–Kier alpha value is -1.16. The second-order valence-corrected chi connectivity index (χ2v) is 6.11. The third-order valence-electron chi connectivity index (χ3n) is 4.46. The normalized spacial score (nSPS) is 20.9. The molecule has 2 rings (SSSR count). The van der Waals surface area contributed by atoms with Crippen molar-refractivity contribution in [1.29, 1.82) is 0 Å². The van der Waals surface area contributed by atoms with Gasteiger partial charge in [-0.15, -0.1) is 0 Å². The summed E-state index contributed by atoms with van der Waals surface area (Å²) in [5, 5.41) is 7.84. The summed E-state index contributed by atoms with van der Waals surface area (Å²) in [6, 6.07) is 2.06. The van der Waals surface area contributed by atoms with Crippen LogP contribution < -0.4 is 5.32 Å². The van der Waals surface area contributed by atoms with Crippen LogP contribution in [0.4, 0.5) is 0 Å². The van der Waals surface area contributed by atoms with E-state index in [9.17, 15) is 4.79 Å². The first-order valence-electron chi connectivity index (χ1n) is 7.84. The van der Waals surface area contributed by atoms with Crippen molar-refractivity contribution in [1.82, 2.24) is 15.1 Å². The molecule has 0 aliphatic carbocycles. The van der Waals surface area contributed by atoms with Crippen molar-refractivity contribution in [3.05, 3.63) is 17.5 Å². The highest BCUT2D eigenvalue weighted by Crippen LogP contribution is 2.23. The zero-order valence-electron chi connectivity index (χ0n) is 13.0. The largest absolute Gasteiger partial charge is 0.316 e. The Bertz CT molecular complexity index is 447. The maximum absolute atomic E-state index is 12.3. The lowest BCUT2D eigenvalue weighted by Crippen LogP contribution is -2.34. The lowest BCUT2D eigenvalue weighted by molar-refractivity contribution is -0.119. The van der Waals surface area contributed by atoms with Gasteiger partial charge in [-0.3, -0.25) is 9.48 Å². The minimum Gasteiger partial charge on any atom is -0.316 e. The van der Waals surface area contributed by atoms with Gasteiger partial charge < -0.3 is 5.32 Å². The first kappa shape index (κ1) is 15.2. The molecular weight excluding hydrogens is 250 g/mol. The van der Waals surface area contributed by atoms with Crippen LogP contribution in [0.15, 0.2) is 6.07 Å². The molecule has 112 valence electrons. The number of carbonyl (C=O) groups excluding carboxylic acids is 1. The fourth-order valence-electron chi connectivity index (χ4n) is 3.07. The second kappa shape index (κ2) is 7.02. The number of hydrogen-bond donors (Lipinski definition) is 1. The fraction of sp³-hybridized carbons (Fsp3) is 0.750. The summed E-state index contributed by atoms with van der Waals surface area (Å²) in [6.07, 6.45) is 4.64. The first-order chi connectivity index (χ1) is 9.60.